The Morgan fingerprint density at radius 3 is 2.94 bits per heavy atom. The van der Waals surface area contributed by atoms with Gasteiger partial charge in [-0.3, -0.25) is 0 Å². The van der Waals surface area contributed by atoms with Gasteiger partial charge in [0.1, 0.15) is 0 Å². The number of unbranched alkanes of at least 4 members (excludes halogenated alkanes) is 1. The maximum absolute atomic E-state index is 3.54. The van der Waals surface area contributed by atoms with Crippen molar-refractivity contribution in [1.82, 2.24) is 0 Å². The van der Waals surface area contributed by atoms with Gasteiger partial charge in [0.2, 0.25) is 0 Å². The van der Waals surface area contributed by atoms with Crippen molar-refractivity contribution in [2.75, 3.05) is 11.9 Å². The summed E-state index contributed by atoms with van der Waals surface area (Å²) >= 11 is 0. The monoisotopic (exact) mass is 245 g/mol. The van der Waals surface area contributed by atoms with Crippen molar-refractivity contribution in [3.8, 4) is 0 Å². The van der Waals surface area contributed by atoms with Crippen LogP contribution in [-0.4, -0.2) is 6.54 Å². The van der Waals surface area contributed by atoms with E-state index in [-0.39, 0.29) is 0 Å². The minimum Gasteiger partial charge on any atom is -0.385 e. The molecule has 1 nitrogen and oxygen atoms in total. The lowest BCUT2D eigenvalue weighted by Gasteiger charge is -2.20. The van der Waals surface area contributed by atoms with Gasteiger partial charge in [0, 0.05) is 12.2 Å². The van der Waals surface area contributed by atoms with Gasteiger partial charge in [-0.1, -0.05) is 51.7 Å². The molecule has 0 bridgehead atoms. The largest absolute Gasteiger partial charge is 0.385 e. The standard InChI is InChI=1S/C17H27N/c1-3-5-7-14(4-2)12-15-9-10-16-8-6-11-18-17(16)13-15/h9-10,13-14,18H,3-8,11-12H2,1-2H3. The molecule has 1 N–H and O–H groups in total. The van der Waals surface area contributed by atoms with Crippen molar-refractivity contribution in [2.45, 2.75) is 58.8 Å². The van der Waals surface area contributed by atoms with Gasteiger partial charge in [-0.05, 0) is 42.4 Å². The maximum Gasteiger partial charge on any atom is 0.0375 e. The minimum absolute atomic E-state index is 0.867. The molecule has 18 heavy (non-hydrogen) atoms. The van der Waals surface area contributed by atoms with E-state index in [4.69, 9.17) is 0 Å². The molecule has 1 atom stereocenters. The molecule has 0 saturated heterocycles. The van der Waals surface area contributed by atoms with Gasteiger partial charge in [-0.2, -0.15) is 0 Å². The smallest absolute Gasteiger partial charge is 0.0375 e. The fraction of sp³-hybridized carbons (Fsp3) is 0.647. The molecular weight excluding hydrogens is 218 g/mol. The van der Waals surface area contributed by atoms with E-state index in [1.165, 1.54) is 61.8 Å². The predicted molar refractivity (Wildman–Crippen MR) is 80.3 cm³/mol. The Kier molecular flexibility index (Phi) is 5.10. The summed E-state index contributed by atoms with van der Waals surface area (Å²) in [4.78, 5) is 0. The summed E-state index contributed by atoms with van der Waals surface area (Å²) in [6, 6.07) is 7.08. The first-order valence-electron chi connectivity index (χ1n) is 7.69. The number of hydrogen-bond acceptors (Lipinski definition) is 1. The predicted octanol–water partition coefficient (Wildman–Crippen LogP) is 4.80. The zero-order chi connectivity index (χ0) is 12.8. The lowest BCUT2D eigenvalue weighted by atomic mass is 9.90. The van der Waals surface area contributed by atoms with Gasteiger partial charge in [0.15, 0.2) is 0 Å². The van der Waals surface area contributed by atoms with Gasteiger partial charge < -0.3 is 5.32 Å². The van der Waals surface area contributed by atoms with Gasteiger partial charge >= 0.3 is 0 Å². The van der Waals surface area contributed by atoms with Crippen LogP contribution < -0.4 is 5.32 Å². The van der Waals surface area contributed by atoms with Crippen LogP contribution in [0, 0.1) is 5.92 Å². The second-order valence-corrected chi connectivity index (χ2v) is 5.64. The lowest BCUT2D eigenvalue weighted by Crippen LogP contribution is -2.12. The fourth-order valence-electron chi connectivity index (χ4n) is 2.91. The molecule has 1 heteroatoms. The Hall–Kier alpha value is -0.980. The third-order valence-corrected chi connectivity index (χ3v) is 4.18. The molecular formula is C17H27N. The van der Waals surface area contributed by atoms with Crippen molar-refractivity contribution in [3.05, 3.63) is 29.3 Å². The fourth-order valence-corrected chi connectivity index (χ4v) is 2.91. The molecule has 2 rings (SSSR count). The molecule has 0 amide bonds. The number of anilines is 1. The molecule has 0 saturated carbocycles. The normalized spacial score (nSPS) is 15.9. The Morgan fingerprint density at radius 1 is 1.28 bits per heavy atom. The molecule has 0 radical (unpaired) electrons. The highest BCUT2D eigenvalue weighted by atomic mass is 14.9. The average Bonchev–Trinajstić information content (AvgIpc) is 2.43. The summed E-state index contributed by atoms with van der Waals surface area (Å²) in [5.74, 6) is 0.867. The number of benzene rings is 1. The van der Waals surface area contributed by atoms with Crippen molar-refractivity contribution in [3.63, 3.8) is 0 Å². The van der Waals surface area contributed by atoms with E-state index in [0.717, 1.165) is 12.5 Å². The highest BCUT2D eigenvalue weighted by molar-refractivity contribution is 5.54. The number of aryl methyl sites for hydroxylation is 1. The van der Waals surface area contributed by atoms with Crippen LogP contribution in [0.4, 0.5) is 5.69 Å². The average molecular weight is 245 g/mol. The topological polar surface area (TPSA) is 12.0 Å². The molecule has 1 aliphatic heterocycles. The Morgan fingerprint density at radius 2 is 2.17 bits per heavy atom. The van der Waals surface area contributed by atoms with Gasteiger partial charge in [-0.15, -0.1) is 0 Å². The number of rotatable bonds is 6. The molecule has 0 fully saturated rings. The first kappa shape index (κ1) is 13.5. The quantitative estimate of drug-likeness (QED) is 0.759. The number of nitrogens with one attached hydrogen (secondary N) is 1. The Balaban J connectivity index is 1.99. The van der Waals surface area contributed by atoms with Crippen LogP contribution >= 0.6 is 0 Å². The van der Waals surface area contributed by atoms with Crippen LogP contribution in [0.2, 0.25) is 0 Å². The van der Waals surface area contributed by atoms with Crippen molar-refractivity contribution in [1.29, 1.82) is 0 Å². The summed E-state index contributed by atoms with van der Waals surface area (Å²) < 4.78 is 0. The summed E-state index contributed by atoms with van der Waals surface area (Å²) in [5.41, 5.74) is 4.42. The molecule has 100 valence electrons. The molecule has 0 aromatic heterocycles. The van der Waals surface area contributed by atoms with Gasteiger partial charge in [-0.25, -0.2) is 0 Å². The van der Waals surface area contributed by atoms with E-state index < -0.39 is 0 Å². The van der Waals surface area contributed by atoms with E-state index in [2.05, 4.69) is 37.4 Å². The molecule has 0 aliphatic carbocycles. The third kappa shape index (κ3) is 3.51. The Bertz CT molecular complexity index is 370. The van der Waals surface area contributed by atoms with E-state index in [1.807, 2.05) is 0 Å². The van der Waals surface area contributed by atoms with Crippen molar-refractivity contribution in [2.24, 2.45) is 5.92 Å². The zero-order valence-corrected chi connectivity index (χ0v) is 12.0. The molecule has 1 heterocycles. The van der Waals surface area contributed by atoms with Crippen molar-refractivity contribution >= 4 is 5.69 Å². The zero-order valence-electron chi connectivity index (χ0n) is 12.0. The highest BCUT2D eigenvalue weighted by Crippen LogP contribution is 2.26. The first-order chi connectivity index (χ1) is 8.83. The summed E-state index contributed by atoms with van der Waals surface area (Å²) in [5, 5.41) is 3.54. The summed E-state index contributed by atoms with van der Waals surface area (Å²) in [7, 11) is 0. The molecule has 1 aliphatic rings. The van der Waals surface area contributed by atoms with Crippen LogP contribution in [0.15, 0.2) is 18.2 Å². The molecule has 1 aromatic carbocycles. The number of fused-ring (bicyclic) bond motifs is 1. The van der Waals surface area contributed by atoms with Crippen LogP contribution in [0.3, 0.4) is 0 Å². The molecule has 1 unspecified atom stereocenters. The summed E-state index contributed by atoms with van der Waals surface area (Å²) in [6.07, 6.45) is 9.17. The van der Waals surface area contributed by atoms with Crippen LogP contribution in [0.5, 0.6) is 0 Å². The van der Waals surface area contributed by atoms with Crippen LogP contribution in [0.25, 0.3) is 0 Å². The minimum atomic E-state index is 0.867. The molecule has 0 spiro atoms. The lowest BCUT2D eigenvalue weighted by molar-refractivity contribution is 0.449. The van der Waals surface area contributed by atoms with Gasteiger partial charge in [0.25, 0.3) is 0 Å². The Labute approximate surface area is 112 Å². The second kappa shape index (κ2) is 6.82. The highest BCUT2D eigenvalue weighted by Gasteiger charge is 2.11. The maximum atomic E-state index is 3.54. The third-order valence-electron chi connectivity index (χ3n) is 4.18. The molecule has 1 aromatic rings. The van der Waals surface area contributed by atoms with Crippen molar-refractivity contribution < 1.29 is 0 Å². The van der Waals surface area contributed by atoms with Crippen LogP contribution in [0.1, 0.15) is 57.1 Å². The van der Waals surface area contributed by atoms with E-state index in [9.17, 15) is 0 Å². The summed E-state index contributed by atoms with van der Waals surface area (Å²) in [6.45, 7) is 5.76. The van der Waals surface area contributed by atoms with Gasteiger partial charge in [0.05, 0.1) is 0 Å². The second-order valence-electron chi connectivity index (χ2n) is 5.64. The SMILES string of the molecule is CCCCC(CC)Cc1ccc2c(c1)NCCC2. The van der Waals surface area contributed by atoms with Crippen LogP contribution in [-0.2, 0) is 12.8 Å². The van der Waals surface area contributed by atoms with E-state index in [1.54, 1.807) is 0 Å². The van der Waals surface area contributed by atoms with E-state index >= 15 is 0 Å². The van der Waals surface area contributed by atoms with E-state index in [0.29, 0.717) is 0 Å². The number of hydrogen-bond donors (Lipinski definition) is 1. The first-order valence-corrected chi connectivity index (χ1v) is 7.69.